The zero-order valence-electron chi connectivity index (χ0n) is 9.81. The zero-order valence-corrected chi connectivity index (χ0v) is 9.81. The summed E-state index contributed by atoms with van der Waals surface area (Å²) in [6.07, 6.45) is 3.46. The number of allylic oxidation sites excluding steroid dienone is 1. The maximum atomic E-state index is 11.0. The van der Waals surface area contributed by atoms with E-state index in [1.54, 1.807) is 18.2 Å². The van der Waals surface area contributed by atoms with E-state index >= 15 is 0 Å². The van der Waals surface area contributed by atoms with Crippen LogP contribution in [0, 0.1) is 0 Å². The van der Waals surface area contributed by atoms with Crippen LogP contribution in [0.1, 0.15) is 23.2 Å². The van der Waals surface area contributed by atoms with Crippen LogP contribution in [0.3, 0.4) is 0 Å². The number of carboxylic acid groups (broad SMARTS) is 1. The van der Waals surface area contributed by atoms with Crippen LogP contribution in [0.25, 0.3) is 0 Å². The van der Waals surface area contributed by atoms with Gasteiger partial charge in [0.1, 0.15) is 17.1 Å². The molecule has 0 amide bonds. The molecule has 0 aliphatic rings. The molecule has 0 aromatic heterocycles. The molecule has 0 radical (unpaired) electrons. The van der Waals surface area contributed by atoms with Crippen LogP contribution in [0.4, 0.5) is 0 Å². The lowest BCUT2D eigenvalue weighted by Crippen LogP contribution is -2.04. The molecular weight excluding hydrogens is 220 g/mol. The highest BCUT2D eigenvalue weighted by Crippen LogP contribution is 2.24. The molecule has 17 heavy (non-hydrogen) atoms. The van der Waals surface area contributed by atoms with Gasteiger partial charge < -0.3 is 14.6 Å². The molecular formula is C13H16O4. The van der Waals surface area contributed by atoms with Gasteiger partial charge in [-0.05, 0) is 31.0 Å². The van der Waals surface area contributed by atoms with E-state index < -0.39 is 5.97 Å². The number of ether oxygens (including phenoxy) is 2. The first kappa shape index (κ1) is 13.1. The molecule has 0 aliphatic carbocycles. The lowest BCUT2D eigenvalue weighted by molar-refractivity contribution is 0.0691. The third-order valence-corrected chi connectivity index (χ3v) is 2.23. The highest BCUT2D eigenvalue weighted by Gasteiger charge is 2.12. The summed E-state index contributed by atoms with van der Waals surface area (Å²) in [4.78, 5) is 11.0. The molecule has 1 N–H and O–H groups in total. The number of hydrogen-bond acceptors (Lipinski definition) is 3. The number of carboxylic acids is 1. The molecule has 0 unspecified atom stereocenters. The van der Waals surface area contributed by atoms with E-state index in [9.17, 15) is 4.79 Å². The van der Waals surface area contributed by atoms with Gasteiger partial charge in [0.15, 0.2) is 0 Å². The summed E-state index contributed by atoms with van der Waals surface area (Å²) in [6, 6.07) is 4.73. The smallest absolute Gasteiger partial charge is 0.339 e. The number of methoxy groups -OCH3 is 1. The molecule has 0 saturated carbocycles. The normalized spacial score (nSPS) is 9.71. The number of carbonyl (C=O) groups is 1. The van der Waals surface area contributed by atoms with Gasteiger partial charge in [-0.15, -0.1) is 6.58 Å². The topological polar surface area (TPSA) is 55.8 Å². The van der Waals surface area contributed by atoms with Crippen molar-refractivity contribution in [3.05, 3.63) is 36.4 Å². The number of benzene rings is 1. The minimum Gasteiger partial charge on any atom is -0.497 e. The monoisotopic (exact) mass is 236 g/mol. The summed E-state index contributed by atoms with van der Waals surface area (Å²) in [5, 5.41) is 9.04. The van der Waals surface area contributed by atoms with E-state index in [2.05, 4.69) is 6.58 Å². The van der Waals surface area contributed by atoms with E-state index in [-0.39, 0.29) is 5.56 Å². The fourth-order valence-electron chi connectivity index (χ4n) is 1.34. The summed E-state index contributed by atoms with van der Waals surface area (Å²) in [5.74, 6) is -0.161. The number of unbranched alkanes of at least 4 members (excludes halogenated alkanes) is 1. The number of aromatic carboxylic acids is 1. The first-order valence-electron chi connectivity index (χ1n) is 5.34. The minimum atomic E-state index is -1.03. The molecule has 0 bridgehead atoms. The van der Waals surface area contributed by atoms with Gasteiger partial charge in [0.2, 0.25) is 0 Å². The number of hydrogen-bond donors (Lipinski definition) is 1. The zero-order chi connectivity index (χ0) is 12.7. The van der Waals surface area contributed by atoms with Crippen LogP contribution >= 0.6 is 0 Å². The predicted molar refractivity (Wildman–Crippen MR) is 64.9 cm³/mol. The summed E-state index contributed by atoms with van der Waals surface area (Å²) < 4.78 is 10.4. The fourth-order valence-corrected chi connectivity index (χ4v) is 1.34. The molecule has 4 heteroatoms. The number of rotatable bonds is 7. The summed E-state index contributed by atoms with van der Waals surface area (Å²) >= 11 is 0. The Kier molecular flexibility index (Phi) is 5.07. The second-order valence-electron chi connectivity index (χ2n) is 3.45. The average molecular weight is 236 g/mol. The van der Waals surface area contributed by atoms with Gasteiger partial charge in [0.05, 0.1) is 13.7 Å². The van der Waals surface area contributed by atoms with Gasteiger partial charge in [0, 0.05) is 0 Å². The van der Waals surface area contributed by atoms with E-state index in [0.29, 0.717) is 18.1 Å². The van der Waals surface area contributed by atoms with Gasteiger partial charge in [-0.2, -0.15) is 0 Å². The van der Waals surface area contributed by atoms with E-state index in [0.717, 1.165) is 12.8 Å². The molecule has 0 aliphatic heterocycles. The highest BCUT2D eigenvalue weighted by atomic mass is 16.5. The second kappa shape index (κ2) is 6.58. The molecule has 1 aromatic rings. The molecule has 0 atom stereocenters. The average Bonchev–Trinajstić information content (AvgIpc) is 2.34. The summed E-state index contributed by atoms with van der Waals surface area (Å²) in [7, 11) is 1.49. The van der Waals surface area contributed by atoms with Crippen molar-refractivity contribution in [3.63, 3.8) is 0 Å². The van der Waals surface area contributed by atoms with Crippen molar-refractivity contribution in [1.29, 1.82) is 0 Å². The van der Waals surface area contributed by atoms with Gasteiger partial charge in [-0.1, -0.05) is 6.08 Å². The van der Waals surface area contributed by atoms with Crippen LogP contribution < -0.4 is 9.47 Å². The summed E-state index contributed by atoms with van der Waals surface area (Å²) in [6.45, 7) is 4.08. The third-order valence-electron chi connectivity index (χ3n) is 2.23. The predicted octanol–water partition coefficient (Wildman–Crippen LogP) is 2.74. The molecule has 92 valence electrons. The lowest BCUT2D eigenvalue weighted by atomic mass is 10.2. The lowest BCUT2D eigenvalue weighted by Gasteiger charge is -2.09. The largest absolute Gasteiger partial charge is 0.497 e. The quantitative estimate of drug-likeness (QED) is 0.584. The Morgan fingerprint density at radius 3 is 2.88 bits per heavy atom. The van der Waals surface area contributed by atoms with Crippen LogP contribution in [0.15, 0.2) is 30.9 Å². The van der Waals surface area contributed by atoms with Crippen molar-refractivity contribution in [3.8, 4) is 11.5 Å². The molecule has 0 saturated heterocycles. The van der Waals surface area contributed by atoms with Crippen molar-refractivity contribution in [2.45, 2.75) is 12.8 Å². The minimum absolute atomic E-state index is 0.114. The van der Waals surface area contributed by atoms with Gasteiger partial charge in [0.25, 0.3) is 0 Å². The highest BCUT2D eigenvalue weighted by molar-refractivity contribution is 5.91. The maximum Gasteiger partial charge on any atom is 0.339 e. The van der Waals surface area contributed by atoms with E-state index in [4.69, 9.17) is 14.6 Å². The van der Waals surface area contributed by atoms with Gasteiger partial charge in [-0.3, -0.25) is 0 Å². The van der Waals surface area contributed by atoms with Crippen molar-refractivity contribution in [2.24, 2.45) is 0 Å². The van der Waals surface area contributed by atoms with Crippen molar-refractivity contribution in [2.75, 3.05) is 13.7 Å². The van der Waals surface area contributed by atoms with Crippen molar-refractivity contribution in [1.82, 2.24) is 0 Å². The van der Waals surface area contributed by atoms with Gasteiger partial charge >= 0.3 is 5.97 Å². The Balaban J connectivity index is 2.76. The van der Waals surface area contributed by atoms with E-state index in [1.807, 2.05) is 0 Å². The molecule has 1 aromatic carbocycles. The van der Waals surface area contributed by atoms with Crippen molar-refractivity contribution < 1.29 is 19.4 Å². The molecule has 0 fully saturated rings. The molecule has 4 nitrogen and oxygen atoms in total. The molecule has 1 rings (SSSR count). The van der Waals surface area contributed by atoms with E-state index in [1.165, 1.54) is 13.2 Å². The Bertz CT molecular complexity index is 398. The molecule has 0 heterocycles. The Morgan fingerprint density at radius 2 is 2.29 bits per heavy atom. The maximum absolute atomic E-state index is 11.0. The Hall–Kier alpha value is -1.97. The van der Waals surface area contributed by atoms with Crippen LogP contribution in [-0.2, 0) is 0 Å². The third kappa shape index (κ3) is 3.83. The fraction of sp³-hybridized carbons (Fsp3) is 0.308. The Morgan fingerprint density at radius 1 is 1.53 bits per heavy atom. The van der Waals surface area contributed by atoms with Crippen LogP contribution in [-0.4, -0.2) is 24.8 Å². The van der Waals surface area contributed by atoms with Gasteiger partial charge in [-0.25, -0.2) is 4.79 Å². The van der Waals surface area contributed by atoms with Crippen LogP contribution in [0.2, 0.25) is 0 Å². The van der Waals surface area contributed by atoms with Crippen molar-refractivity contribution >= 4 is 5.97 Å². The Labute approximate surface area is 100 Å². The van der Waals surface area contributed by atoms with Crippen LogP contribution in [0.5, 0.6) is 11.5 Å². The summed E-state index contributed by atoms with van der Waals surface area (Å²) in [5.41, 5.74) is 0.114. The first-order chi connectivity index (χ1) is 8.19. The standard InChI is InChI=1S/C13H16O4/c1-3-4-5-8-17-12-7-6-10(16-2)9-11(12)13(14)15/h3,6-7,9H,1,4-5,8H2,2H3,(H,14,15). The second-order valence-corrected chi connectivity index (χ2v) is 3.45. The first-order valence-corrected chi connectivity index (χ1v) is 5.34. The SMILES string of the molecule is C=CCCCOc1ccc(OC)cc1C(=O)O. The molecule has 0 spiro atoms.